The second-order valence-corrected chi connectivity index (χ2v) is 16.9. The highest BCUT2D eigenvalue weighted by Crippen LogP contribution is 2.62. The third-order valence-corrected chi connectivity index (χ3v) is 13.6. The van der Waals surface area contributed by atoms with Gasteiger partial charge in [0.2, 0.25) is 8.32 Å². The monoisotopic (exact) mass is 412 g/mol. The minimum atomic E-state index is -1.83. The molecule has 3 heteroatoms. The molecule has 2 nitrogen and oxygen atoms in total. The lowest BCUT2D eigenvalue weighted by Crippen LogP contribution is -2.48. The fourth-order valence-corrected chi connectivity index (χ4v) is 7.77. The molecule has 1 aromatic carbocycles. The molecule has 0 amide bonds. The molecule has 0 spiro atoms. The van der Waals surface area contributed by atoms with Gasteiger partial charge in [-0.1, -0.05) is 47.6 Å². The molecule has 3 unspecified atom stereocenters. The van der Waals surface area contributed by atoms with E-state index >= 15 is 0 Å². The van der Waals surface area contributed by atoms with Gasteiger partial charge in [-0.3, -0.25) is 4.79 Å². The zero-order valence-corrected chi connectivity index (χ0v) is 20.8. The van der Waals surface area contributed by atoms with Gasteiger partial charge in [0.25, 0.3) is 0 Å². The quantitative estimate of drug-likeness (QED) is 0.489. The van der Waals surface area contributed by atoms with Gasteiger partial charge in [0.05, 0.1) is 0 Å². The maximum absolute atomic E-state index is 12.7. The molecule has 0 saturated heterocycles. The van der Waals surface area contributed by atoms with E-state index < -0.39 is 8.32 Å². The lowest BCUT2D eigenvalue weighted by molar-refractivity contribution is -0.131. The van der Waals surface area contributed by atoms with E-state index in [1.807, 2.05) is 0 Å². The van der Waals surface area contributed by atoms with Gasteiger partial charge in [-0.05, 0) is 90.2 Å². The number of fused-ring (bicyclic) bond motifs is 5. The van der Waals surface area contributed by atoms with Crippen molar-refractivity contribution in [1.82, 2.24) is 0 Å². The standard InChI is InChI=1S/C26H40O2Si/c1-16-13-18-14-19(28-29(7,8)25(3,4)5)9-10-20(18)23-17(2)15-26(6)21(24(16)23)11-12-22(26)27/h9-10,14,16-17,21,23-24H,11-13,15H2,1-8H3/t16-,17+,21?,23?,24?,26+/m1/s1. The SMILES string of the molecule is C[C@@H]1Cc2cc(O[Si](C)(C)C(C)(C)C)ccc2C2C1C1CCC(=O)[C@@]1(C)C[C@@H]2C. The van der Waals surface area contributed by atoms with Crippen LogP contribution in [0.1, 0.15) is 77.8 Å². The van der Waals surface area contributed by atoms with Crippen LogP contribution in [-0.2, 0) is 11.2 Å². The molecule has 2 saturated carbocycles. The lowest BCUT2D eigenvalue weighted by Gasteiger charge is -2.54. The maximum atomic E-state index is 12.7. The summed E-state index contributed by atoms with van der Waals surface area (Å²) in [6.45, 7) is 18.7. The van der Waals surface area contributed by atoms with Crippen molar-refractivity contribution in [2.75, 3.05) is 0 Å². The molecule has 3 aliphatic rings. The van der Waals surface area contributed by atoms with Crippen LogP contribution in [0, 0.1) is 29.1 Å². The van der Waals surface area contributed by atoms with E-state index in [-0.39, 0.29) is 10.5 Å². The van der Waals surface area contributed by atoms with Crippen molar-refractivity contribution in [3.05, 3.63) is 29.3 Å². The van der Waals surface area contributed by atoms with Crippen LogP contribution in [0.4, 0.5) is 0 Å². The van der Waals surface area contributed by atoms with E-state index in [1.165, 1.54) is 5.56 Å². The van der Waals surface area contributed by atoms with E-state index in [0.29, 0.717) is 35.4 Å². The average Bonchev–Trinajstić information content (AvgIpc) is 2.87. The third-order valence-electron chi connectivity index (χ3n) is 9.23. The van der Waals surface area contributed by atoms with E-state index in [1.54, 1.807) is 5.56 Å². The second-order valence-electron chi connectivity index (χ2n) is 12.2. The lowest BCUT2D eigenvalue weighted by atomic mass is 9.50. The van der Waals surface area contributed by atoms with Crippen LogP contribution >= 0.6 is 0 Å². The zero-order chi connectivity index (χ0) is 21.4. The highest BCUT2D eigenvalue weighted by atomic mass is 28.4. The molecule has 0 aromatic heterocycles. The van der Waals surface area contributed by atoms with Gasteiger partial charge in [0, 0.05) is 11.8 Å². The molecular weight excluding hydrogens is 372 g/mol. The molecule has 0 radical (unpaired) electrons. The molecule has 0 aliphatic heterocycles. The molecule has 0 bridgehead atoms. The molecule has 3 aliphatic carbocycles. The second kappa shape index (κ2) is 6.70. The highest BCUT2D eigenvalue weighted by Gasteiger charge is 2.58. The summed E-state index contributed by atoms with van der Waals surface area (Å²) >= 11 is 0. The molecule has 0 N–H and O–H groups in total. The van der Waals surface area contributed by atoms with E-state index in [9.17, 15) is 4.79 Å². The maximum Gasteiger partial charge on any atom is 0.250 e. The van der Waals surface area contributed by atoms with Crippen molar-refractivity contribution >= 4 is 14.1 Å². The molecule has 6 atom stereocenters. The number of ketones is 1. The zero-order valence-electron chi connectivity index (χ0n) is 19.8. The highest BCUT2D eigenvalue weighted by molar-refractivity contribution is 6.74. The summed E-state index contributed by atoms with van der Waals surface area (Å²) < 4.78 is 6.62. The number of carbonyl (C=O) groups excluding carboxylic acids is 1. The fourth-order valence-electron chi connectivity index (χ4n) is 6.75. The summed E-state index contributed by atoms with van der Waals surface area (Å²) in [5, 5.41) is 0.207. The van der Waals surface area contributed by atoms with Crippen LogP contribution in [0.5, 0.6) is 5.75 Å². The van der Waals surface area contributed by atoms with Gasteiger partial charge in [0.15, 0.2) is 0 Å². The van der Waals surface area contributed by atoms with Gasteiger partial charge in [-0.2, -0.15) is 0 Å². The Balaban J connectivity index is 1.68. The summed E-state index contributed by atoms with van der Waals surface area (Å²) in [4.78, 5) is 12.7. The number of hydrogen-bond donors (Lipinski definition) is 0. The summed E-state index contributed by atoms with van der Waals surface area (Å²) in [5.74, 6) is 4.61. The number of benzene rings is 1. The largest absolute Gasteiger partial charge is 0.543 e. The molecule has 2 fully saturated rings. The fraction of sp³-hybridized carbons (Fsp3) is 0.731. The summed E-state index contributed by atoms with van der Waals surface area (Å²) in [6, 6.07) is 6.95. The van der Waals surface area contributed by atoms with Crippen molar-refractivity contribution in [1.29, 1.82) is 0 Å². The summed E-state index contributed by atoms with van der Waals surface area (Å²) in [5.41, 5.74) is 2.97. The van der Waals surface area contributed by atoms with Crippen molar-refractivity contribution in [3.63, 3.8) is 0 Å². The molecule has 0 heterocycles. The van der Waals surface area contributed by atoms with Gasteiger partial charge >= 0.3 is 0 Å². The minimum absolute atomic E-state index is 0.0717. The van der Waals surface area contributed by atoms with Gasteiger partial charge in [-0.15, -0.1) is 0 Å². The first-order chi connectivity index (χ1) is 13.3. The third kappa shape index (κ3) is 3.23. The van der Waals surface area contributed by atoms with Crippen LogP contribution in [0.2, 0.25) is 18.1 Å². The molecule has 160 valence electrons. The van der Waals surface area contributed by atoms with E-state index in [0.717, 1.165) is 31.4 Å². The van der Waals surface area contributed by atoms with Crippen LogP contribution in [0.15, 0.2) is 18.2 Å². The first-order valence-corrected chi connectivity index (χ1v) is 14.6. The van der Waals surface area contributed by atoms with Gasteiger partial charge in [-0.25, -0.2) is 0 Å². The van der Waals surface area contributed by atoms with Gasteiger partial charge < -0.3 is 4.43 Å². The topological polar surface area (TPSA) is 26.3 Å². The van der Waals surface area contributed by atoms with Crippen LogP contribution in [0.25, 0.3) is 0 Å². The first kappa shape index (κ1) is 21.2. The van der Waals surface area contributed by atoms with Crippen LogP contribution < -0.4 is 4.43 Å². The smallest absolute Gasteiger partial charge is 0.250 e. The molecule has 1 aromatic rings. The Bertz CT molecular complexity index is 820. The Labute approximate surface area is 178 Å². The Morgan fingerprint density at radius 3 is 2.48 bits per heavy atom. The average molecular weight is 413 g/mol. The van der Waals surface area contributed by atoms with Gasteiger partial charge in [0.1, 0.15) is 11.5 Å². The normalized spacial score (nSPS) is 37.0. The number of carbonyl (C=O) groups is 1. The first-order valence-electron chi connectivity index (χ1n) is 11.7. The Hall–Kier alpha value is -1.09. The van der Waals surface area contributed by atoms with Crippen molar-refractivity contribution < 1.29 is 9.22 Å². The summed E-state index contributed by atoms with van der Waals surface area (Å²) in [7, 11) is -1.83. The van der Waals surface area contributed by atoms with Crippen molar-refractivity contribution in [2.45, 2.75) is 91.3 Å². The Morgan fingerprint density at radius 2 is 1.83 bits per heavy atom. The number of Topliss-reactive ketones (excluding diaryl/α,β-unsaturated/α-hetero) is 1. The predicted molar refractivity (Wildman–Crippen MR) is 123 cm³/mol. The number of hydrogen-bond acceptors (Lipinski definition) is 2. The van der Waals surface area contributed by atoms with Crippen LogP contribution in [0.3, 0.4) is 0 Å². The van der Waals surface area contributed by atoms with Crippen LogP contribution in [-0.4, -0.2) is 14.1 Å². The minimum Gasteiger partial charge on any atom is -0.543 e. The van der Waals surface area contributed by atoms with Crippen molar-refractivity contribution in [2.24, 2.45) is 29.1 Å². The number of rotatable bonds is 2. The molecular formula is C26H40O2Si. The predicted octanol–water partition coefficient (Wildman–Crippen LogP) is 6.99. The Kier molecular flexibility index (Phi) is 4.89. The van der Waals surface area contributed by atoms with Crippen molar-refractivity contribution in [3.8, 4) is 5.75 Å². The van der Waals surface area contributed by atoms with E-state index in [4.69, 9.17) is 4.43 Å². The summed E-state index contributed by atoms with van der Waals surface area (Å²) in [6.07, 6.45) is 4.09. The molecule has 4 rings (SSSR count). The van der Waals surface area contributed by atoms with E-state index in [2.05, 4.69) is 72.8 Å². The molecule has 29 heavy (non-hydrogen) atoms. The Morgan fingerprint density at radius 1 is 1.14 bits per heavy atom.